The largest absolute Gasteiger partial charge is 0.494 e. The average Bonchev–Trinajstić information content (AvgIpc) is 3.90. The van der Waals surface area contributed by atoms with Crippen LogP contribution in [0.1, 0.15) is 55.1 Å². The van der Waals surface area contributed by atoms with Crippen LogP contribution in [0.25, 0.3) is 39.7 Å². The van der Waals surface area contributed by atoms with E-state index >= 15 is 0 Å². The molecule has 0 N–H and O–H groups in total. The van der Waals surface area contributed by atoms with Gasteiger partial charge in [0.15, 0.2) is 6.29 Å². The Morgan fingerprint density at radius 3 is 1.88 bits per heavy atom. The third-order valence-corrected chi connectivity index (χ3v) is 13.0. The lowest BCUT2D eigenvalue weighted by Crippen LogP contribution is -2.10. The van der Waals surface area contributed by atoms with Gasteiger partial charge in [0.25, 0.3) is 0 Å². The Hall–Kier alpha value is -3.95. The standard InChI is InChI=1S/C40H37NO3S4/c1-3-4-5-6-7-8-21-44-32-19-17-31(18-20-32)41(29-13-9-27(10-14-29)35-23-38-37(47-35)22-33(25-42)46-38)30-15-11-28(12-16-30)36-24-39-40(48-36)34(43-2)26-45-39/h9-20,22-26H,3-8,21H2,1-2H3. The molecule has 0 spiro atoms. The summed E-state index contributed by atoms with van der Waals surface area (Å²) in [6.07, 6.45) is 8.44. The summed E-state index contributed by atoms with van der Waals surface area (Å²) in [4.78, 5) is 16.7. The number of carbonyl (C=O) groups excluding carboxylic acids is 1. The van der Waals surface area contributed by atoms with Gasteiger partial charge in [0.05, 0.1) is 23.3 Å². The van der Waals surface area contributed by atoms with Crippen LogP contribution in [-0.2, 0) is 0 Å². The SMILES string of the molecule is CCCCCCCCOc1ccc(N(c2ccc(-c3cc4sc(C=O)cc4s3)cc2)c2ccc(-c3cc4scc(OC)c4s3)cc2)cc1. The maximum Gasteiger partial charge on any atom is 0.160 e. The minimum absolute atomic E-state index is 0.751. The number of rotatable bonds is 15. The number of anilines is 3. The quantitative estimate of drug-likeness (QED) is 0.0785. The summed E-state index contributed by atoms with van der Waals surface area (Å²) >= 11 is 6.78. The van der Waals surface area contributed by atoms with Gasteiger partial charge in [-0.1, -0.05) is 63.3 Å². The first-order valence-corrected chi connectivity index (χ1v) is 19.7. The molecule has 7 aromatic rings. The van der Waals surface area contributed by atoms with Crippen molar-refractivity contribution in [3.8, 4) is 32.4 Å². The Labute approximate surface area is 297 Å². The molecule has 4 heterocycles. The number of carbonyl (C=O) groups is 1. The van der Waals surface area contributed by atoms with E-state index in [2.05, 4.69) is 102 Å². The molecule has 0 radical (unpaired) electrons. The monoisotopic (exact) mass is 707 g/mol. The number of nitrogens with zero attached hydrogens (tertiary/aromatic N) is 1. The predicted molar refractivity (Wildman–Crippen MR) is 209 cm³/mol. The summed E-state index contributed by atoms with van der Waals surface area (Å²) in [5.41, 5.74) is 5.60. The van der Waals surface area contributed by atoms with Crippen LogP contribution in [-0.4, -0.2) is 20.0 Å². The molecule has 3 aromatic carbocycles. The van der Waals surface area contributed by atoms with Gasteiger partial charge in [0.1, 0.15) is 11.5 Å². The van der Waals surface area contributed by atoms with Crippen molar-refractivity contribution in [1.82, 2.24) is 0 Å². The van der Waals surface area contributed by atoms with Gasteiger partial charge in [-0.25, -0.2) is 0 Å². The van der Waals surface area contributed by atoms with Crippen LogP contribution in [0, 0.1) is 0 Å². The second-order valence-corrected chi connectivity index (χ2v) is 15.9. The topological polar surface area (TPSA) is 38.8 Å². The number of hydrogen-bond acceptors (Lipinski definition) is 8. The zero-order valence-electron chi connectivity index (χ0n) is 27.1. The summed E-state index contributed by atoms with van der Waals surface area (Å²) in [5.74, 6) is 1.85. The van der Waals surface area contributed by atoms with Crippen LogP contribution < -0.4 is 14.4 Å². The fourth-order valence-corrected chi connectivity index (χ4v) is 10.4. The van der Waals surface area contributed by atoms with Gasteiger partial charge in [-0.3, -0.25) is 4.79 Å². The summed E-state index contributed by atoms with van der Waals surface area (Å²) in [5, 5.41) is 2.08. The number of benzene rings is 3. The van der Waals surface area contributed by atoms with E-state index in [1.165, 1.54) is 62.4 Å². The molecule has 0 bridgehead atoms. The molecule has 0 saturated heterocycles. The Morgan fingerprint density at radius 2 is 1.25 bits per heavy atom. The molecule has 8 heteroatoms. The number of unbranched alkanes of at least 4 members (excludes halogenated alkanes) is 5. The van der Waals surface area contributed by atoms with E-state index in [1.54, 1.807) is 52.5 Å². The molecule has 0 aliphatic carbocycles. The van der Waals surface area contributed by atoms with Crippen LogP contribution in [0.4, 0.5) is 17.1 Å². The first kappa shape index (κ1) is 32.6. The smallest absolute Gasteiger partial charge is 0.160 e. The van der Waals surface area contributed by atoms with Crippen molar-refractivity contribution < 1.29 is 14.3 Å². The number of ether oxygens (including phenoxy) is 2. The molecule has 0 atom stereocenters. The Balaban J connectivity index is 1.14. The first-order valence-electron chi connectivity index (χ1n) is 16.4. The fourth-order valence-electron chi connectivity index (χ4n) is 5.90. The van der Waals surface area contributed by atoms with Gasteiger partial charge >= 0.3 is 0 Å². The lowest BCUT2D eigenvalue weighted by molar-refractivity contribution is 0.112. The number of hydrogen-bond donors (Lipinski definition) is 0. The number of fused-ring (bicyclic) bond motifs is 2. The highest BCUT2D eigenvalue weighted by molar-refractivity contribution is 7.30. The molecule has 7 rings (SSSR count). The highest BCUT2D eigenvalue weighted by atomic mass is 32.1. The predicted octanol–water partition coefficient (Wildman–Crippen LogP) is 13.6. The molecule has 48 heavy (non-hydrogen) atoms. The van der Waals surface area contributed by atoms with E-state index in [9.17, 15) is 4.79 Å². The molecule has 0 aliphatic heterocycles. The number of aldehydes is 1. The number of methoxy groups -OCH3 is 1. The van der Waals surface area contributed by atoms with Crippen molar-refractivity contribution in [2.75, 3.05) is 18.6 Å². The maximum atomic E-state index is 11.2. The highest BCUT2D eigenvalue weighted by Crippen LogP contribution is 2.44. The molecule has 4 nitrogen and oxygen atoms in total. The molecule has 0 fully saturated rings. The van der Waals surface area contributed by atoms with Crippen LogP contribution >= 0.6 is 45.3 Å². The summed E-state index contributed by atoms with van der Waals surface area (Å²) < 4.78 is 16.5. The lowest BCUT2D eigenvalue weighted by atomic mass is 10.1. The zero-order valence-corrected chi connectivity index (χ0v) is 30.3. The minimum atomic E-state index is 0.751. The van der Waals surface area contributed by atoms with E-state index in [4.69, 9.17) is 9.47 Å². The summed E-state index contributed by atoms with van der Waals surface area (Å²) in [6, 6.07) is 32.5. The Morgan fingerprint density at radius 1 is 0.667 bits per heavy atom. The third-order valence-electron chi connectivity index (χ3n) is 8.46. The van der Waals surface area contributed by atoms with Crippen LogP contribution in [0.15, 0.2) is 96.4 Å². The fraction of sp³-hybridized carbons (Fsp3) is 0.225. The van der Waals surface area contributed by atoms with Gasteiger partial charge < -0.3 is 14.4 Å². The second kappa shape index (κ2) is 15.1. The Kier molecular flexibility index (Phi) is 10.2. The second-order valence-electron chi connectivity index (χ2n) is 11.8. The van der Waals surface area contributed by atoms with E-state index in [1.807, 2.05) is 6.07 Å². The molecule has 244 valence electrons. The van der Waals surface area contributed by atoms with E-state index in [0.717, 1.165) is 62.2 Å². The van der Waals surface area contributed by atoms with Crippen molar-refractivity contribution >= 4 is 87.5 Å². The van der Waals surface area contributed by atoms with E-state index in [0.29, 0.717) is 0 Å². The van der Waals surface area contributed by atoms with Gasteiger partial charge in [0.2, 0.25) is 0 Å². The van der Waals surface area contributed by atoms with Crippen molar-refractivity contribution in [3.63, 3.8) is 0 Å². The normalized spacial score (nSPS) is 11.4. The van der Waals surface area contributed by atoms with Crippen molar-refractivity contribution in [1.29, 1.82) is 0 Å². The number of thiophene rings is 4. The van der Waals surface area contributed by atoms with Crippen LogP contribution in [0.2, 0.25) is 0 Å². The maximum absolute atomic E-state index is 11.2. The summed E-state index contributed by atoms with van der Waals surface area (Å²) in [6.45, 7) is 3.00. The summed E-state index contributed by atoms with van der Waals surface area (Å²) in [7, 11) is 1.73. The zero-order chi connectivity index (χ0) is 32.9. The van der Waals surface area contributed by atoms with Crippen LogP contribution in [0.3, 0.4) is 0 Å². The van der Waals surface area contributed by atoms with Crippen molar-refractivity contribution in [2.45, 2.75) is 45.4 Å². The lowest BCUT2D eigenvalue weighted by Gasteiger charge is -2.26. The molecule has 4 aromatic heterocycles. The van der Waals surface area contributed by atoms with Gasteiger partial charge in [0, 0.05) is 46.3 Å². The van der Waals surface area contributed by atoms with E-state index < -0.39 is 0 Å². The molecular weight excluding hydrogens is 671 g/mol. The van der Waals surface area contributed by atoms with Crippen molar-refractivity contribution in [2.24, 2.45) is 0 Å². The van der Waals surface area contributed by atoms with Gasteiger partial charge in [-0.05, 0) is 84.3 Å². The minimum Gasteiger partial charge on any atom is -0.494 e. The highest BCUT2D eigenvalue weighted by Gasteiger charge is 2.16. The molecule has 0 amide bonds. The Bertz CT molecular complexity index is 2070. The third kappa shape index (κ3) is 7.08. The molecule has 0 unspecified atom stereocenters. The molecular formula is C40H37NO3S4. The van der Waals surface area contributed by atoms with Gasteiger partial charge in [-0.2, -0.15) is 0 Å². The van der Waals surface area contributed by atoms with Crippen molar-refractivity contribution in [3.05, 3.63) is 101 Å². The van der Waals surface area contributed by atoms with Crippen LogP contribution in [0.5, 0.6) is 11.5 Å². The molecule has 0 saturated carbocycles. The average molecular weight is 708 g/mol. The molecule has 0 aliphatic rings. The van der Waals surface area contributed by atoms with E-state index in [-0.39, 0.29) is 0 Å². The first-order chi connectivity index (χ1) is 23.6. The van der Waals surface area contributed by atoms with Gasteiger partial charge in [-0.15, -0.1) is 45.3 Å².